The number of fused-ring (bicyclic) bond motifs is 1. The Balaban J connectivity index is 0.000000165. The van der Waals surface area contributed by atoms with Gasteiger partial charge in [0.1, 0.15) is 24.6 Å². The number of amides is 2. The third-order valence-electron chi connectivity index (χ3n) is 14.3. The van der Waals surface area contributed by atoms with Crippen molar-refractivity contribution in [3.8, 4) is 11.8 Å². The number of oxime groups is 2. The van der Waals surface area contributed by atoms with E-state index in [4.69, 9.17) is 42.7 Å². The van der Waals surface area contributed by atoms with E-state index >= 15 is 0 Å². The largest absolute Gasteiger partial charge is 0.476 e. The van der Waals surface area contributed by atoms with Crippen molar-refractivity contribution in [3.05, 3.63) is 310 Å². The Kier molecular flexibility index (Phi) is 29.6. The van der Waals surface area contributed by atoms with Gasteiger partial charge in [-0.15, -0.1) is 27.7 Å². The van der Waals surface area contributed by atoms with E-state index in [0.29, 0.717) is 45.6 Å². The van der Waals surface area contributed by atoms with Gasteiger partial charge in [0, 0.05) is 41.1 Å². The summed E-state index contributed by atoms with van der Waals surface area (Å²) in [5.74, 6) is -2.34. The molecule has 14 rings (SSSR count). The Morgan fingerprint density at radius 3 is 1.19 bits per heavy atom. The number of aryl methyl sites for hydroxylation is 5. The summed E-state index contributed by atoms with van der Waals surface area (Å²) in [5.41, 5.74) is 6.21. The molecule has 572 valence electrons. The number of nitrogens with zero attached hydrogens (tertiary/aromatic N) is 10. The maximum absolute atomic E-state index is 12.0. The van der Waals surface area contributed by atoms with Crippen LogP contribution >= 0.6 is 22.7 Å². The second kappa shape index (κ2) is 40.6. The molecule has 0 unspecified atom stereocenters. The molecule has 8 aromatic heterocycles. The van der Waals surface area contributed by atoms with Crippen LogP contribution in [0.4, 0.5) is 0 Å². The molecule has 34 nitrogen and oxygen atoms in total. The minimum Gasteiger partial charge on any atom is -0.476 e. The fraction of sp³-hybridized carbons (Fsp3) is 0.173. The van der Waals surface area contributed by atoms with Gasteiger partial charge in [0.2, 0.25) is 22.9 Å². The number of esters is 2. The number of rotatable bonds is 24. The van der Waals surface area contributed by atoms with Crippen LogP contribution in [-0.4, -0.2) is 123 Å². The fourth-order valence-electron chi connectivity index (χ4n) is 9.33. The lowest BCUT2D eigenvalue weighted by atomic mass is 10.0. The van der Waals surface area contributed by atoms with Crippen molar-refractivity contribution in [1.29, 1.82) is 0 Å². The molecule has 0 fully saturated rings. The van der Waals surface area contributed by atoms with Crippen molar-refractivity contribution >= 4 is 69.8 Å². The Bertz CT molecular complexity index is 4990. The van der Waals surface area contributed by atoms with Gasteiger partial charge in [-0.25, -0.2) is 29.1 Å². The smallest absolute Gasteiger partial charge is 0.376 e. The van der Waals surface area contributed by atoms with E-state index in [9.17, 15) is 43.8 Å². The van der Waals surface area contributed by atoms with Gasteiger partial charge in [-0.1, -0.05) is 159 Å². The van der Waals surface area contributed by atoms with E-state index in [-0.39, 0.29) is 84.7 Å². The monoisotopic (exact) mass is 1550 g/mol. The van der Waals surface area contributed by atoms with E-state index < -0.39 is 41.3 Å². The Morgan fingerprint density at radius 1 is 0.477 bits per heavy atom. The van der Waals surface area contributed by atoms with Crippen LogP contribution in [0.5, 0.6) is 11.8 Å². The fourth-order valence-corrected chi connectivity index (χ4v) is 10.5. The third-order valence-corrected chi connectivity index (χ3v) is 15.9. The highest BCUT2D eigenvalue weighted by atomic mass is 32.1. The summed E-state index contributed by atoms with van der Waals surface area (Å²) in [5, 5.41) is 60.6. The number of carbonyl (C=O) groups excluding carboxylic acids is 4. The van der Waals surface area contributed by atoms with Gasteiger partial charge in [0.15, 0.2) is 48.5 Å². The topological polar surface area (TPSA) is 458 Å². The quantitative estimate of drug-likeness (QED) is 0.0189. The molecule has 0 atom stereocenters. The van der Waals surface area contributed by atoms with Crippen LogP contribution in [0.2, 0.25) is 0 Å². The highest BCUT2D eigenvalue weighted by molar-refractivity contribution is 7.10. The number of nitrogens with one attached hydrogen (secondary N) is 1. The van der Waals surface area contributed by atoms with Crippen molar-refractivity contribution in [2.24, 2.45) is 10.3 Å². The minimum atomic E-state index is -1.23. The second-order valence-corrected chi connectivity index (χ2v) is 24.7. The lowest BCUT2D eigenvalue weighted by molar-refractivity contribution is -0.130. The zero-order chi connectivity index (χ0) is 79.2. The highest BCUT2D eigenvalue weighted by Gasteiger charge is 2.37. The minimum absolute atomic E-state index is 0.0215. The molecule has 1 aliphatic heterocycles. The highest BCUT2D eigenvalue weighted by Crippen LogP contribution is 2.31. The van der Waals surface area contributed by atoms with Crippen LogP contribution in [0.25, 0.3) is 0 Å². The van der Waals surface area contributed by atoms with E-state index in [1.54, 1.807) is 87.0 Å². The summed E-state index contributed by atoms with van der Waals surface area (Å²) in [6.07, 6.45) is -0.749. The number of carboxylic acid groups (broad SMARTS) is 2. The van der Waals surface area contributed by atoms with E-state index in [0.717, 1.165) is 49.1 Å². The predicted octanol–water partition coefficient (Wildman–Crippen LogP) is 11.9. The third kappa shape index (κ3) is 23.9. The van der Waals surface area contributed by atoms with Crippen molar-refractivity contribution < 1.29 is 105 Å². The normalized spacial score (nSPS) is 11.4. The maximum Gasteiger partial charge on any atom is 0.376 e. The number of benzene rings is 5. The summed E-state index contributed by atoms with van der Waals surface area (Å²) in [6, 6.07) is 54.8. The number of aromatic amines is 1. The number of methoxy groups -OCH3 is 2. The Morgan fingerprint density at radius 2 is 0.856 bits per heavy atom. The molecule has 111 heavy (non-hydrogen) atoms. The van der Waals surface area contributed by atoms with Crippen molar-refractivity contribution in [2.75, 3.05) is 14.2 Å². The van der Waals surface area contributed by atoms with Crippen LogP contribution in [0.3, 0.4) is 0 Å². The number of aliphatic carboxylic acids is 2. The molecule has 0 bridgehead atoms. The summed E-state index contributed by atoms with van der Waals surface area (Å²) < 4.78 is 49.9. The number of aliphatic hydroxyl groups excluding tert-OH is 1. The molecular weight excluding hydrogens is 1490 g/mol. The predicted molar refractivity (Wildman–Crippen MR) is 389 cm³/mol. The molecular formula is C75H67N11O23S2. The van der Waals surface area contributed by atoms with Gasteiger partial charge in [-0.2, -0.15) is 5.16 Å². The summed E-state index contributed by atoms with van der Waals surface area (Å²) >= 11 is 2.66. The van der Waals surface area contributed by atoms with Crippen molar-refractivity contribution in [2.45, 2.75) is 73.3 Å². The number of carbonyl (C=O) groups is 6. The number of ether oxygens (including phenoxy) is 4. The molecule has 36 heteroatoms. The van der Waals surface area contributed by atoms with Crippen LogP contribution in [0, 0.1) is 34.6 Å². The van der Waals surface area contributed by atoms with Gasteiger partial charge in [0.05, 0.1) is 58.5 Å². The number of hydrogen-bond donors (Lipinski definition) is 4. The van der Waals surface area contributed by atoms with E-state index in [2.05, 4.69) is 69.1 Å². The number of hydroxylamine groups is 2. The molecule has 5 aromatic carbocycles. The number of aromatic nitrogens is 8. The van der Waals surface area contributed by atoms with E-state index in [1.807, 2.05) is 133 Å². The van der Waals surface area contributed by atoms with Gasteiger partial charge in [-0.3, -0.25) is 19.2 Å². The van der Waals surface area contributed by atoms with Crippen molar-refractivity contribution in [1.82, 2.24) is 46.0 Å². The SMILES string of the molecule is COC(=O)c1cc(=O)[nH]o1.COC(=O)c1cc(C)no1.Cc1cc(CO)on1.Cc1cc(CON2C(=O)c3ccccc3C2=O)on1.Cc1nc(/C(=N/OCc2cc(OC(c3ccccc3)c3ccccc3)no2)C(=O)O)cs1.Cc1nc(/C(=N/OCc2cc(OC(c3ccccc3)c3ccccc3)no2)C(=O)O)cs1. The van der Waals surface area contributed by atoms with Crippen LogP contribution in [-0.2, 0) is 60.0 Å². The molecule has 1 aliphatic rings. The molecule has 0 radical (unpaired) electrons. The van der Waals surface area contributed by atoms with Crippen molar-refractivity contribution in [3.63, 3.8) is 0 Å². The summed E-state index contributed by atoms with van der Waals surface area (Å²) in [6.45, 7) is 8.56. The molecule has 0 aliphatic carbocycles. The standard InChI is InChI=1S/2C23H19N3O5S.C13H10N2O4.C6H7NO3.C5H5NO4.C5H7NO2/c2*1-15-24-19(14-32-15)21(23(27)28)26-29-13-18-12-20(25-31-18)30-22(16-8-4-2-5-9-16)17-10-6-3-7-11-17;1-8-6-9(19-14-8)7-18-15-12(16)10-4-2-3-5-11(10)13(15)17;1-4-3-5(10-7-4)6(8)9-2;1-9-5(8)3-2-4(7)6-10-3;1-4-2-5(3-7)8-6-4/h2*2-12,14,22H,13H2,1H3,(H,27,28);2-6H,7H2,1H3;3H,1-2H3;2H,1H3,(H,6,7);2,7H,3H2,1H3/b2*26-21-;;;;. The summed E-state index contributed by atoms with van der Waals surface area (Å²) in [4.78, 5) is 102. The second-order valence-electron chi connectivity index (χ2n) is 22.6. The van der Waals surface area contributed by atoms with Crippen LogP contribution in [0.1, 0.15) is 138 Å². The number of H-pyrrole nitrogens is 1. The molecule has 9 heterocycles. The van der Waals surface area contributed by atoms with Gasteiger partial charge in [0.25, 0.3) is 29.1 Å². The number of carboxylic acids is 2. The van der Waals surface area contributed by atoms with Gasteiger partial charge >= 0.3 is 23.9 Å². The lowest BCUT2D eigenvalue weighted by Gasteiger charge is -2.18. The molecule has 2 amide bonds. The lowest BCUT2D eigenvalue weighted by Crippen LogP contribution is -2.29. The first-order valence-electron chi connectivity index (χ1n) is 32.7. The molecule has 0 saturated heterocycles. The maximum atomic E-state index is 12.0. The summed E-state index contributed by atoms with van der Waals surface area (Å²) in [7, 11) is 2.50. The zero-order valence-corrected chi connectivity index (χ0v) is 61.4. The molecule has 0 saturated carbocycles. The number of aliphatic hydroxyl groups is 1. The number of imide groups is 1. The molecule has 0 spiro atoms. The Labute approximate surface area is 636 Å². The van der Waals surface area contributed by atoms with E-state index in [1.165, 1.54) is 43.0 Å². The molecule has 13 aromatic rings. The zero-order valence-electron chi connectivity index (χ0n) is 59.8. The Hall–Kier alpha value is -14.1. The van der Waals surface area contributed by atoms with Gasteiger partial charge < -0.3 is 71.1 Å². The average Bonchev–Trinajstić information content (AvgIpc) is 1.64. The number of thiazole rings is 2. The van der Waals surface area contributed by atoms with Crippen LogP contribution in [0.15, 0.2) is 235 Å². The van der Waals surface area contributed by atoms with Crippen LogP contribution < -0.4 is 15.0 Å². The van der Waals surface area contributed by atoms with Gasteiger partial charge in [-0.05, 0) is 79.3 Å². The molecule has 4 N–H and O–H groups in total. The first kappa shape index (κ1) is 81.0. The average molecular weight is 1550 g/mol. The first-order valence-corrected chi connectivity index (χ1v) is 34.4. The first-order chi connectivity index (χ1) is 53.7. The number of hydrogen-bond acceptors (Lipinski definition) is 32.